The molecule has 0 aliphatic heterocycles. The molecule has 2 aromatic carbocycles. The number of thiophene rings is 1. The van der Waals surface area contributed by atoms with Gasteiger partial charge in [-0.1, -0.05) is 30.3 Å². The fourth-order valence-corrected chi connectivity index (χ4v) is 4.28. The van der Waals surface area contributed by atoms with E-state index in [1.807, 2.05) is 54.6 Å². The highest BCUT2D eigenvalue weighted by Crippen LogP contribution is 2.34. The Labute approximate surface area is 195 Å². The average Bonchev–Trinajstić information content (AvgIpc) is 3.13. The normalized spacial score (nSPS) is 10.2. The molecule has 0 saturated carbocycles. The van der Waals surface area contributed by atoms with Crippen LogP contribution in [0.5, 0.6) is 5.75 Å². The lowest BCUT2D eigenvalue weighted by Gasteiger charge is -2.12. The van der Waals surface area contributed by atoms with Crippen molar-refractivity contribution in [3.05, 3.63) is 76.2 Å². The molecule has 0 saturated heterocycles. The number of hydrogen-bond acceptors (Lipinski definition) is 7. The summed E-state index contributed by atoms with van der Waals surface area (Å²) in [5.74, 6) is -0.377. The van der Waals surface area contributed by atoms with Crippen LogP contribution in [0.15, 0.2) is 54.6 Å². The van der Waals surface area contributed by atoms with E-state index >= 15 is 0 Å². The summed E-state index contributed by atoms with van der Waals surface area (Å²) < 4.78 is 15.4. The van der Waals surface area contributed by atoms with Gasteiger partial charge in [0.2, 0.25) is 0 Å². The number of rotatable bonds is 7. The van der Waals surface area contributed by atoms with Gasteiger partial charge in [-0.15, -0.1) is 11.3 Å². The van der Waals surface area contributed by atoms with Crippen LogP contribution in [0.4, 0.5) is 10.7 Å². The van der Waals surface area contributed by atoms with Crippen molar-refractivity contribution in [1.82, 2.24) is 0 Å². The summed E-state index contributed by atoms with van der Waals surface area (Å²) >= 11 is 6.45. The minimum atomic E-state index is -0.570. The molecule has 0 radical (unpaired) electrons. The zero-order chi connectivity index (χ0) is 23.1. The van der Waals surface area contributed by atoms with E-state index in [0.717, 1.165) is 28.3 Å². The maximum atomic E-state index is 12.2. The van der Waals surface area contributed by atoms with Gasteiger partial charge in [0.15, 0.2) is 5.11 Å². The Morgan fingerprint density at radius 1 is 0.938 bits per heavy atom. The molecule has 0 aliphatic carbocycles. The first kappa shape index (κ1) is 23.2. The minimum absolute atomic E-state index is 0.242. The fourth-order valence-electron chi connectivity index (χ4n) is 2.88. The van der Waals surface area contributed by atoms with E-state index in [0.29, 0.717) is 22.0 Å². The van der Waals surface area contributed by atoms with Gasteiger partial charge in [0.1, 0.15) is 22.2 Å². The highest BCUT2D eigenvalue weighted by Gasteiger charge is 2.26. The van der Waals surface area contributed by atoms with Crippen LogP contribution >= 0.6 is 23.6 Å². The molecule has 3 aromatic rings. The van der Waals surface area contributed by atoms with Gasteiger partial charge in [0.05, 0.1) is 19.8 Å². The van der Waals surface area contributed by atoms with Gasteiger partial charge in [-0.3, -0.25) is 0 Å². The quantitative estimate of drug-likeness (QED) is 0.368. The van der Waals surface area contributed by atoms with Gasteiger partial charge in [-0.25, -0.2) is 9.59 Å². The standard InChI is InChI=1S/C23H22N2O5S2/c1-14-18(21(26)28-2)20(32-19(14)22(27)29-3)25-23(31)24-16-9-11-17(12-10-16)30-13-15-7-5-4-6-8-15/h4-12H,13H2,1-3H3,(H2,24,25,31). The van der Waals surface area contributed by atoms with Crippen LogP contribution in [0, 0.1) is 6.92 Å². The molecule has 1 aromatic heterocycles. The van der Waals surface area contributed by atoms with E-state index < -0.39 is 11.9 Å². The molecule has 0 fully saturated rings. The maximum absolute atomic E-state index is 12.2. The van der Waals surface area contributed by atoms with Crippen molar-refractivity contribution >= 4 is 51.3 Å². The predicted molar refractivity (Wildman–Crippen MR) is 129 cm³/mol. The summed E-state index contributed by atoms with van der Waals surface area (Å²) in [6, 6.07) is 17.2. The maximum Gasteiger partial charge on any atom is 0.348 e. The molecule has 32 heavy (non-hydrogen) atoms. The number of benzene rings is 2. The first-order valence-electron chi connectivity index (χ1n) is 9.57. The van der Waals surface area contributed by atoms with Crippen LogP contribution < -0.4 is 15.4 Å². The summed E-state index contributed by atoms with van der Waals surface area (Å²) in [5.41, 5.74) is 2.53. The first-order valence-corrected chi connectivity index (χ1v) is 10.8. The molecule has 3 rings (SSSR count). The molecule has 9 heteroatoms. The van der Waals surface area contributed by atoms with Crippen molar-refractivity contribution in [2.75, 3.05) is 24.9 Å². The zero-order valence-electron chi connectivity index (χ0n) is 17.8. The topological polar surface area (TPSA) is 85.9 Å². The van der Waals surface area contributed by atoms with Crippen LogP contribution in [-0.4, -0.2) is 31.3 Å². The van der Waals surface area contributed by atoms with E-state index in [-0.39, 0.29) is 10.7 Å². The molecule has 166 valence electrons. The van der Waals surface area contributed by atoms with Gasteiger partial charge >= 0.3 is 11.9 Å². The van der Waals surface area contributed by atoms with Crippen molar-refractivity contribution in [1.29, 1.82) is 0 Å². The molecule has 0 aliphatic rings. The van der Waals surface area contributed by atoms with Gasteiger partial charge in [-0.05, 0) is 54.5 Å². The lowest BCUT2D eigenvalue weighted by Crippen LogP contribution is -2.20. The Bertz CT molecular complexity index is 1110. The fraction of sp³-hybridized carbons (Fsp3) is 0.174. The van der Waals surface area contributed by atoms with Crippen LogP contribution in [0.1, 0.15) is 31.2 Å². The monoisotopic (exact) mass is 470 g/mol. The number of methoxy groups -OCH3 is 2. The van der Waals surface area contributed by atoms with Crippen molar-refractivity contribution in [3.63, 3.8) is 0 Å². The van der Waals surface area contributed by atoms with Crippen molar-refractivity contribution < 1.29 is 23.8 Å². The average molecular weight is 471 g/mol. The number of carbonyl (C=O) groups excluding carboxylic acids is 2. The SMILES string of the molecule is COC(=O)c1sc(NC(=S)Nc2ccc(OCc3ccccc3)cc2)c(C(=O)OC)c1C. The summed E-state index contributed by atoms with van der Waals surface area (Å²) in [4.78, 5) is 24.6. The highest BCUT2D eigenvalue weighted by molar-refractivity contribution is 7.80. The molecular formula is C23H22N2O5S2. The van der Waals surface area contributed by atoms with Crippen LogP contribution in [-0.2, 0) is 16.1 Å². The number of esters is 2. The van der Waals surface area contributed by atoms with Gasteiger partial charge in [0, 0.05) is 5.69 Å². The molecule has 0 amide bonds. The van der Waals surface area contributed by atoms with E-state index in [1.54, 1.807) is 6.92 Å². The second-order valence-electron chi connectivity index (χ2n) is 6.62. The minimum Gasteiger partial charge on any atom is -0.489 e. The summed E-state index contributed by atoms with van der Waals surface area (Å²) in [7, 11) is 2.56. The molecule has 1 heterocycles. The summed E-state index contributed by atoms with van der Waals surface area (Å²) in [6.45, 7) is 2.13. The smallest absolute Gasteiger partial charge is 0.348 e. The van der Waals surface area contributed by atoms with Crippen molar-refractivity contribution in [2.45, 2.75) is 13.5 Å². The van der Waals surface area contributed by atoms with E-state index in [2.05, 4.69) is 10.6 Å². The number of ether oxygens (including phenoxy) is 3. The third kappa shape index (κ3) is 5.63. The summed E-state index contributed by atoms with van der Waals surface area (Å²) in [6.07, 6.45) is 0. The number of hydrogen-bond donors (Lipinski definition) is 2. The highest BCUT2D eigenvalue weighted by atomic mass is 32.1. The lowest BCUT2D eigenvalue weighted by atomic mass is 10.1. The van der Waals surface area contributed by atoms with Gasteiger partial charge in [0.25, 0.3) is 0 Å². The third-order valence-corrected chi connectivity index (χ3v) is 5.89. The Balaban J connectivity index is 1.66. The van der Waals surface area contributed by atoms with Crippen molar-refractivity contribution in [3.8, 4) is 5.75 Å². The molecule has 7 nitrogen and oxygen atoms in total. The molecule has 2 N–H and O–H groups in total. The first-order chi connectivity index (χ1) is 15.4. The Hall–Kier alpha value is -3.43. The van der Waals surface area contributed by atoms with E-state index in [4.69, 9.17) is 26.4 Å². The van der Waals surface area contributed by atoms with E-state index in [9.17, 15) is 9.59 Å². The second kappa shape index (κ2) is 10.7. The Morgan fingerprint density at radius 3 is 2.22 bits per heavy atom. The van der Waals surface area contributed by atoms with Crippen molar-refractivity contribution in [2.24, 2.45) is 0 Å². The van der Waals surface area contributed by atoms with Crippen LogP contribution in [0.2, 0.25) is 0 Å². The Kier molecular flexibility index (Phi) is 7.80. The Morgan fingerprint density at radius 2 is 1.59 bits per heavy atom. The van der Waals surface area contributed by atoms with Crippen LogP contribution in [0.3, 0.4) is 0 Å². The summed E-state index contributed by atoms with van der Waals surface area (Å²) in [5, 5.41) is 6.68. The van der Waals surface area contributed by atoms with E-state index in [1.165, 1.54) is 14.2 Å². The second-order valence-corrected chi connectivity index (χ2v) is 8.05. The molecule has 0 atom stereocenters. The number of nitrogens with one attached hydrogen (secondary N) is 2. The molecule has 0 unspecified atom stereocenters. The van der Waals surface area contributed by atoms with Crippen LogP contribution in [0.25, 0.3) is 0 Å². The molecular weight excluding hydrogens is 448 g/mol. The molecule has 0 bridgehead atoms. The van der Waals surface area contributed by atoms with Gasteiger partial charge in [-0.2, -0.15) is 0 Å². The predicted octanol–water partition coefficient (Wildman–Crippen LogP) is 5.02. The molecule has 0 spiro atoms. The van der Waals surface area contributed by atoms with Gasteiger partial charge < -0.3 is 24.8 Å². The zero-order valence-corrected chi connectivity index (χ0v) is 19.4. The number of anilines is 2. The largest absolute Gasteiger partial charge is 0.489 e. The number of carbonyl (C=O) groups is 2. The number of thiocarbonyl (C=S) groups is 1. The lowest BCUT2D eigenvalue weighted by molar-refractivity contribution is 0.0601. The third-order valence-electron chi connectivity index (χ3n) is 4.49.